The zero-order chi connectivity index (χ0) is 14.9. The lowest BCUT2D eigenvalue weighted by atomic mass is 9.95. The maximum Gasteiger partial charge on any atom is 0.0949 e. The number of imidazole rings is 1. The van der Waals surface area contributed by atoms with E-state index in [0.717, 1.165) is 6.54 Å². The van der Waals surface area contributed by atoms with Crippen molar-refractivity contribution >= 4 is 11.3 Å². The van der Waals surface area contributed by atoms with E-state index in [2.05, 4.69) is 54.0 Å². The summed E-state index contributed by atoms with van der Waals surface area (Å²) in [5.74, 6) is 0. The molecule has 114 valence electrons. The topological polar surface area (TPSA) is 29.9 Å². The second-order valence-electron chi connectivity index (χ2n) is 7.01. The Morgan fingerprint density at radius 3 is 2.86 bits per heavy atom. The van der Waals surface area contributed by atoms with Crippen molar-refractivity contribution in [2.75, 3.05) is 0 Å². The Hall–Kier alpha value is -1.13. The summed E-state index contributed by atoms with van der Waals surface area (Å²) in [5.41, 5.74) is 0.260. The van der Waals surface area contributed by atoms with Crippen LogP contribution in [0.15, 0.2) is 30.9 Å². The Labute approximate surface area is 131 Å². The van der Waals surface area contributed by atoms with Gasteiger partial charge in [-0.05, 0) is 36.8 Å². The van der Waals surface area contributed by atoms with Crippen LogP contribution < -0.4 is 5.32 Å². The summed E-state index contributed by atoms with van der Waals surface area (Å²) >= 11 is 1.94. The lowest BCUT2D eigenvalue weighted by Crippen LogP contribution is -2.32. The monoisotopic (exact) mass is 303 g/mol. The van der Waals surface area contributed by atoms with E-state index < -0.39 is 0 Å². The van der Waals surface area contributed by atoms with Crippen molar-refractivity contribution in [1.29, 1.82) is 0 Å². The average Bonchev–Trinajstić information content (AvgIpc) is 3.16. The van der Waals surface area contributed by atoms with Gasteiger partial charge in [-0.2, -0.15) is 0 Å². The van der Waals surface area contributed by atoms with E-state index in [-0.39, 0.29) is 5.41 Å². The van der Waals surface area contributed by atoms with Crippen LogP contribution in [-0.4, -0.2) is 15.6 Å². The number of hydrogen-bond acceptors (Lipinski definition) is 3. The van der Waals surface area contributed by atoms with Crippen LogP contribution in [0.1, 0.15) is 55.8 Å². The van der Waals surface area contributed by atoms with Crippen LogP contribution >= 0.6 is 11.3 Å². The third-order valence-electron chi connectivity index (χ3n) is 4.33. The molecule has 0 saturated heterocycles. The van der Waals surface area contributed by atoms with E-state index in [1.165, 1.54) is 29.0 Å². The summed E-state index contributed by atoms with van der Waals surface area (Å²) in [5, 5.41) is 3.76. The van der Waals surface area contributed by atoms with Crippen molar-refractivity contribution in [3.63, 3.8) is 0 Å². The maximum absolute atomic E-state index is 4.19. The summed E-state index contributed by atoms with van der Waals surface area (Å²) in [7, 11) is 0. The van der Waals surface area contributed by atoms with E-state index in [1.54, 1.807) is 0 Å². The van der Waals surface area contributed by atoms with E-state index in [9.17, 15) is 0 Å². The highest BCUT2D eigenvalue weighted by molar-refractivity contribution is 7.12. The third kappa shape index (κ3) is 3.38. The van der Waals surface area contributed by atoms with Crippen LogP contribution in [0.3, 0.4) is 0 Å². The van der Waals surface area contributed by atoms with Crippen LogP contribution in [0.2, 0.25) is 0 Å². The first-order chi connectivity index (χ1) is 10.0. The minimum atomic E-state index is 0.260. The largest absolute Gasteiger partial charge is 0.333 e. The van der Waals surface area contributed by atoms with Crippen molar-refractivity contribution in [1.82, 2.24) is 14.9 Å². The average molecular weight is 303 g/mol. The van der Waals surface area contributed by atoms with Gasteiger partial charge in [0.15, 0.2) is 0 Å². The highest BCUT2D eigenvalue weighted by Gasteiger charge is 2.28. The summed E-state index contributed by atoms with van der Waals surface area (Å²) in [4.78, 5) is 7.10. The number of rotatable bonds is 4. The van der Waals surface area contributed by atoms with Crippen molar-refractivity contribution in [2.45, 2.75) is 64.1 Å². The lowest BCUT2D eigenvalue weighted by molar-refractivity contribution is 0.391. The predicted octanol–water partition coefficient (Wildman–Crippen LogP) is 4.13. The molecule has 0 bridgehead atoms. The van der Waals surface area contributed by atoms with Gasteiger partial charge in [0.2, 0.25) is 0 Å². The second-order valence-corrected chi connectivity index (χ2v) is 8.18. The highest BCUT2D eigenvalue weighted by atomic mass is 32.1. The molecule has 4 heteroatoms. The first-order valence-corrected chi connectivity index (χ1v) is 8.66. The summed E-state index contributed by atoms with van der Waals surface area (Å²) < 4.78 is 2.26. The molecular formula is C17H25N3S. The minimum absolute atomic E-state index is 0.260. The van der Waals surface area contributed by atoms with Gasteiger partial charge in [0.05, 0.1) is 6.33 Å². The van der Waals surface area contributed by atoms with Gasteiger partial charge >= 0.3 is 0 Å². The van der Waals surface area contributed by atoms with Gasteiger partial charge in [0, 0.05) is 40.8 Å². The third-order valence-corrected chi connectivity index (χ3v) is 5.84. The number of thiophene rings is 1. The molecule has 2 atom stereocenters. The molecule has 2 heterocycles. The number of aromatic nitrogens is 2. The highest BCUT2D eigenvalue weighted by Crippen LogP contribution is 2.32. The molecular weight excluding hydrogens is 278 g/mol. The van der Waals surface area contributed by atoms with Gasteiger partial charge in [-0.3, -0.25) is 0 Å². The fourth-order valence-electron chi connectivity index (χ4n) is 3.11. The Morgan fingerprint density at radius 2 is 2.19 bits per heavy atom. The number of hydrogen-bond donors (Lipinski definition) is 1. The van der Waals surface area contributed by atoms with E-state index in [1.807, 2.05) is 23.9 Å². The second kappa shape index (κ2) is 5.93. The Morgan fingerprint density at radius 1 is 1.33 bits per heavy atom. The molecule has 0 amide bonds. The molecule has 0 radical (unpaired) electrons. The first kappa shape index (κ1) is 14.8. The van der Waals surface area contributed by atoms with Gasteiger partial charge in [0.1, 0.15) is 0 Å². The molecule has 3 rings (SSSR count). The molecule has 2 aromatic rings. The molecule has 2 aromatic heterocycles. The Balaban J connectivity index is 1.61. The fraction of sp³-hybridized carbons (Fsp3) is 0.588. The standard InChI is InChI=1S/C17H25N3S/c1-17(2,3)16-8-7-13(21-16)11-19-14-5-4-6-15(14)20-10-9-18-12-20/h7-10,12,14-15,19H,4-6,11H2,1-3H3. The molecule has 1 saturated carbocycles. The van der Waals surface area contributed by atoms with Gasteiger partial charge in [0.25, 0.3) is 0 Å². The van der Waals surface area contributed by atoms with Crippen molar-refractivity contribution < 1.29 is 0 Å². The zero-order valence-corrected chi connectivity index (χ0v) is 14.0. The van der Waals surface area contributed by atoms with Crippen LogP contribution in [0.4, 0.5) is 0 Å². The minimum Gasteiger partial charge on any atom is -0.333 e. The molecule has 0 spiro atoms. The van der Waals surface area contributed by atoms with E-state index in [4.69, 9.17) is 0 Å². The summed E-state index contributed by atoms with van der Waals surface area (Å²) in [6.07, 6.45) is 9.75. The van der Waals surface area contributed by atoms with Crippen molar-refractivity contribution in [3.05, 3.63) is 40.6 Å². The fourth-order valence-corrected chi connectivity index (χ4v) is 4.13. The van der Waals surface area contributed by atoms with Crippen molar-refractivity contribution in [2.24, 2.45) is 0 Å². The normalized spacial score (nSPS) is 22.8. The molecule has 0 aromatic carbocycles. The van der Waals surface area contributed by atoms with Gasteiger partial charge in [-0.25, -0.2) is 4.98 Å². The van der Waals surface area contributed by atoms with Crippen LogP contribution in [0.5, 0.6) is 0 Å². The molecule has 21 heavy (non-hydrogen) atoms. The van der Waals surface area contributed by atoms with Crippen molar-refractivity contribution in [3.8, 4) is 0 Å². The predicted molar refractivity (Wildman–Crippen MR) is 88.8 cm³/mol. The quantitative estimate of drug-likeness (QED) is 0.920. The molecule has 1 fully saturated rings. The van der Waals surface area contributed by atoms with Gasteiger partial charge in [-0.15, -0.1) is 11.3 Å². The lowest BCUT2D eigenvalue weighted by Gasteiger charge is -2.22. The van der Waals surface area contributed by atoms with E-state index in [0.29, 0.717) is 12.1 Å². The van der Waals surface area contributed by atoms with E-state index >= 15 is 0 Å². The molecule has 1 aliphatic carbocycles. The number of nitrogens with zero attached hydrogens (tertiary/aromatic N) is 2. The van der Waals surface area contributed by atoms with Crippen LogP contribution in [0, 0.1) is 0 Å². The van der Waals surface area contributed by atoms with Crippen LogP contribution in [-0.2, 0) is 12.0 Å². The Bertz CT molecular complexity index is 565. The molecule has 1 aliphatic rings. The molecule has 0 aliphatic heterocycles. The SMILES string of the molecule is CC(C)(C)c1ccc(CNC2CCCC2n2ccnc2)s1. The van der Waals surface area contributed by atoms with Gasteiger partial charge in [-0.1, -0.05) is 20.8 Å². The maximum atomic E-state index is 4.19. The molecule has 1 N–H and O–H groups in total. The summed E-state index contributed by atoms with van der Waals surface area (Å²) in [6.45, 7) is 7.82. The molecule has 3 nitrogen and oxygen atoms in total. The summed E-state index contributed by atoms with van der Waals surface area (Å²) in [6, 6.07) is 5.69. The molecule has 2 unspecified atom stereocenters. The number of nitrogens with one attached hydrogen (secondary N) is 1. The van der Waals surface area contributed by atoms with Crippen LogP contribution in [0.25, 0.3) is 0 Å². The smallest absolute Gasteiger partial charge is 0.0949 e. The zero-order valence-electron chi connectivity index (χ0n) is 13.2. The Kier molecular flexibility index (Phi) is 4.18. The van der Waals surface area contributed by atoms with Gasteiger partial charge < -0.3 is 9.88 Å². The first-order valence-electron chi connectivity index (χ1n) is 7.84.